The molecule has 2 aliphatic rings. The molecule has 0 amide bonds. The maximum Gasteiger partial charge on any atom is 0.0641 e. The molecule has 11 aromatic rings. The van der Waals surface area contributed by atoms with Gasteiger partial charge in [-0.3, -0.25) is 0 Å². The maximum atomic E-state index is 2.48. The summed E-state index contributed by atoms with van der Waals surface area (Å²) in [5.74, 6) is 0. The maximum absolute atomic E-state index is 2.48. The van der Waals surface area contributed by atoms with Crippen molar-refractivity contribution >= 4 is 55.2 Å². The fourth-order valence-electron chi connectivity index (χ4n) is 11.5. The van der Waals surface area contributed by atoms with E-state index in [1.807, 2.05) is 0 Å². The highest BCUT2D eigenvalue weighted by atomic mass is 15.1. The Kier molecular flexibility index (Phi) is 7.16. The number of rotatable bonds is 5. The second-order valence-corrected chi connectivity index (χ2v) is 18.5. The Morgan fingerprint density at radius 3 is 1.34 bits per heavy atom. The van der Waals surface area contributed by atoms with E-state index < -0.39 is 0 Å². The third kappa shape index (κ3) is 4.75. The first kappa shape index (κ1) is 35.3. The van der Waals surface area contributed by atoms with Crippen molar-refractivity contribution in [3.8, 4) is 44.5 Å². The van der Waals surface area contributed by atoms with Gasteiger partial charge in [0.15, 0.2) is 0 Å². The summed E-state index contributed by atoms with van der Waals surface area (Å²) < 4.78 is 2.48. The zero-order chi connectivity index (χ0) is 41.5. The molecule has 62 heavy (non-hydrogen) atoms. The lowest BCUT2D eigenvalue weighted by molar-refractivity contribution is 0.660. The lowest BCUT2D eigenvalue weighted by Gasteiger charge is -2.27. The summed E-state index contributed by atoms with van der Waals surface area (Å²) in [5, 5.41) is 5.09. The molecule has 294 valence electrons. The summed E-state index contributed by atoms with van der Waals surface area (Å²) >= 11 is 0. The van der Waals surface area contributed by atoms with Crippen molar-refractivity contribution in [2.24, 2.45) is 0 Å². The minimum absolute atomic E-state index is 0.0138. The second-order valence-electron chi connectivity index (χ2n) is 18.5. The van der Waals surface area contributed by atoms with Crippen molar-refractivity contribution in [3.63, 3.8) is 0 Å². The van der Waals surface area contributed by atoms with E-state index in [4.69, 9.17) is 0 Å². The molecule has 2 nitrogen and oxygen atoms in total. The quantitative estimate of drug-likeness (QED) is 0.168. The van der Waals surface area contributed by atoms with Crippen LogP contribution < -0.4 is 4.90 Å². The van der Waals surface area contributed by atoms with E-state index in [-0.39, 0.29) is 10.8 Å². The normalized spacial score (nSPS) is 14.4. The van der Waals surface area contributed by atoms with Crippen LogP contribution in [0.15, 0.2) is 194 Å². The van der Waals surface area contributed by atoms with Crippen LogP contribution in [0.4, 0.5) is 17.1 Å². The van der Waals surface area contributed by atoms with Crippen LogP contribution >= 0.6 is 0 Å². The molecule has 0 spiro atoms. The molecule has 2 aliphatic carbocycles. The lowest BCUT2D eigenvalue weighted by Crippen LogP contribution is -2.14. The van der Waals surface area contributed by atoms with Crippen LogP contribution in [0.5, 0.6) is 0 Å². The highest BCUT2D eigenvalue weighted by Crippen LogP contribution is 2.52. The van der Waals surface area contributed by atoms with Crippen LogP contribution in [0, 0.1) is 0 Å². The van der Waals surface area contributed by atoms with Gasteiger partial charge in [-0.05, 0) is 121 Å². The molecule has 0 bridgehead atoms. The van der Waals surface area contributed by atoms with Crippen molar-refractivity contribution in [1.29, 1.82) is 0 Å². The Labute approximate surface area is 362 Å². The molecule has 0 fully saturated rings. The fourth-order valence-corrected chi connectivity index (χ4v) is 11.5. The fraction of sp³-hybridized carbons (Fsp3) is 0.100. The van der Waals surface area contributed by atoms with Gasteiger partial charge in [-0.15, -0.1) is 0 Å². The summed E-state index contributed by atoms with van der Waals surface area (Å²) in [6.07, 6.45) is 0. The van der Waals surface area contributed by atoms with Gasteiger partial charge in [0, 0.05) is 43.7 Å². The van der Waals surface area contributed by atoms with Crippen LogP contribution in [-0.2, 0) is 10.8 Å². The number of para-hydroxylation sites is 2. The lowest BCUT2D eigenvalue weighted by atomic mass is 9.82. The van der Waals surface area contributed by atoms with Crippen LogP contribution in [0.1, 0.15) is 49.9 Å². The van der Waals surface area contributed by atoms with E-state index in [9.17, 15) is 0 Å². The zero-order valence-corrected chi connectivity index (χ0v) is 35.4. The topological polar surface area (TPSA) is 7.65 Å². The summed E-state index contributed by atoms with van der Waals surface area (Å²) in [6.45, 7) is 9.39. The van der Waals surface area contributed by atoms with Crippen molar-refractivity contribution < 1.29 is 0 Å². The molecule has 0 N–H and O–H groups in total. The van der Waals surface area contributed by atoms with E-state index in [0.29, 0.717) is 0 Å². The standard InChI is InChI=1S/C60H44N2/c1-59(2)50-17-9-5-13-43(50)48-35-39(25-32-52(48)59)37-21-27-41(28-22-37)61(56-34-31-46-45-15-7-11-19-54(45)62-55-20-12-8-16-47(55)57(56)58(46)62)42-29-23-38(24-30-42)40-26-33-53-49(36-40)44-14-6-10-18-51(44)60(53,3)4/h5-36H,1-4H3. The number of benzene rings is 9. The first-order valence-corrected chi connectivity index (χ1v) is 21.9. The minimum atomic E-state index is -0.0138. The van der Waals surface area contributed by atoms with Gasteiger partial charge < -0.3 is 9.30 Å². The Morgan fingerprint density at radius 1 is 0.355 bits per heavy atom. The van der Waals surface area contributed by atoms with Gasteiger partial charge >= 0.3 is 0 Å². The van der Waals surface area contributed by atoms with Crippen molar-refractivity contribution in [1.82, 2.24) is 4.40 Å². The summed E-state index contributed by atoms with van der Waals surface area (Å²) in [5.41, 5.74) is 23.0. The average Bonchev–Trinajstić information content (AvgIpc) is 3.98. The van der Waals surface area contributed by atoms with E-state index >= 15 is 0 Å². The number of anilines is 3. The third-order valence-electron chi connectivity index (χ3n) is 14.6. The second kappa shape index (κ2) is 12.6. The van der Waals surface area contributed by atoms with Gasteiger partial charge in [0.05, 0.1) is 22.2 Å². The minimum Gasteiger partial charge on any atom is -0.310 e. The first-order chi connectivity index (χ1) is 30.3. The molecule has 0 saturated carbocycles. The predicted octanol–water partition coefficient (Wildman–Crippen LogP) is 16.3. The molecular weight excluding hydrogens is 749 g/mol. The Hall–Kier alpha value is -7.42. The molecular formula is C60H44N2. The molecule has 9 aromatic carbocycles. The van der Waals surface area contributed by atoms with Gasteiger partial charge in [0.1, 0.15) is 0 Å². The van der Waals surface area contributed by atoms with Gasteiger partial charge in [0.25, 0.3) is 0 Å². The third-order valence-corrected chi connectivity index (χ3v) is 14.6. The molecule has 0 atom stereocenters. The van der Waals surface area contributed by atoms with E-state index in [1.165, 1.54) is 111 Å². The van der Waals surface area contributed by atoms with Crippen LogP contribution in [-0.4, -0.2) is 4.40 Å². The van der Waals surface area contributed by atoms with Gasteiger partial charge in [-0.1, -0.05) is 167 Å². The van der Waals surface area contributed by atoms with Gasteiger partial charge in [0.2, 0.25) is 0 Å². The van der Waals surface area contributed by atoms with Gasteiger partial charge in [-0.2, -0.15) is 0 Å². The first-order valence-electron chi connectivity index (χ1n) is 21.9. The predicted molar refractivity (Wildman–Crippen MR) is 262 cm³/mol. The summed E-state index contributed by atoms with van der Waals surface area (Å²) in [6, 6.07) is 72.8. The SMILES string of the molecule is CC1(C)c2ccccc2-c2cc(-c3ccc(N(c4ccc(-c5ccc6c(c5)-c5ccccc5C6(C)C)cc4)c4ccc5c6ccccc6n6c7ccccc7c4c56)cc3)ccc21. The van der Waals surface area contributed by atoms with E-state index in [2.05, 4.69) is 231 Å². The van der Waals surface area contributed by atoms with E-state index in [1.54, 1.807) is 0 Å². The van der Waals surface area contributed by atoms with Crippen molar-refractivity contribution in [3.05, 3.63) is 216 Å². The largest absolute Gasteiger partial charge is 0.310 e. The Morgan fingerprint density at radius 2 is 0.790 bits per heavy atom. The van der Waals surface area contributed by atoms with Crippen molar-refractivity contribution in [2.75, 3.05) is 4.90 Å². The van der Waals surface area contributed by atoms with Crippen LogP contribution in [0.2, 0.25) is 0 Å². The van der Waals surface area contributed by atoms with Crippen molar-refractivity contribution in [2.45, 2.75) is 38.5 Å². The number of nitrogens with zero attached hydrogens (tertiary/aromatic N) is 2. The Balaban J connectivity index is 0.967. The molecule has 2 heteroatoms. The summed E-state index contributed by atoms with van der Waals surface area (Å²) in [7, 11) is 0. The zero-order valence-electron chi connectivity index (χ0n) is 35.4. The monoisotopic (exact) mass is 792 g/mol. The molecule has 13 rings (SSSR count). The molecule has 2 heterocycles. The number of hydrogen-bond acceptors (Lipinski definition) is 1. The highest BCUT2D eigenvalue weighted by molar-refractivity contribution is 6.27. The molecule has 2 aromatic heterocycles. The highest BCUT2D eigenvalue weighted by Gasteiger charge is 2.36. The molecule has 0 saturated heterocycles. The van der Waals surface area contributed by atoms with Gasteiger partial charge in [-0.25, -0.2) is 0 Å². The molecule has 0 unspecified atom stereocenters. The number of hydrogen-bond donors (Lipinski definition) is 0. The van der Waals surface area contributed by atoms with Crippen LogP contribution in [0.3, 0.4) is 0 Å². The smallest absolute Gasteiger partial charge is 0.0641 e. The van der Waals surface area contributed by atoms with E-state index in [0.717, 1.165) is 11.4 Å². The Bertz CT molecular complexity index is 3470. The molecule has 0 aliphatic heterocycles. The van der Waals surface area contributed by atoms with Crippen LogP contribution in [0.25, 0.3) is 82.6 Å². The number of fused-ring (bicyclic) bond motifs is 12. The average molecular weight is 793 g/mol. The molecule has 0 radical (unpaired) electrons. The number of aromatic nitrogens is 1. The summed E-state index contributed by atoms with van der Waals surface area (Å²) in [4.78, 5) is 2.47.